The van der Waals surface area contributed by atoms with Crippen molar-refractivity contribution < 1.29 is 24.5 Å². The van der Waals surface area contributed by atoms with E-state index in [1.807, 2.05) is 0 Å². The molecular formula is C8H14N2O5. The molecule has 1 fully saturated rings. The Balaban J connectivity index is 2.50. The molecule has 0 saturated heterocycles. The van der Waals surface area contributed by atoms with Gasteiger partial charge in [-0.3, -0.25) is 0 Å². The fourth-order valence-corrected chi connectivity index (χ4v) is 1.86. The molecule has 1 saturated carbocycles. The molecule has 7 heteroatoms. The van der Waals surface area contributed by atoms with Crippen LogP contribution in [-0.2, 0) is 4.74 Å². The molecule has 0 aromatic rings. The van der Waals surface area contributed by atoms with Crippen molar-refractivity contribution in [3.05, 3.63) is 0 Å². The molecule has 0 aromatic carbocycles. The Kier molecular flexibility index (Phi) is 3.73. The van der Waals surface area contributed by atoms with E-state index in [1.165, 1.54) is 7.11 Å². The largest absolute Gasteiger partial charge is 0.465 e. The predicted molar refractivity (Wildman–Crippen MR) is 49.9 cm³/mol. The van der Waals surface area contributed by atoms with Gasteiger partial charge in [-0.25, -0.2) is 9.59 Å². The summed E-state index contributed by atoms with van der Waals surface area (Å²) in [5, 5.41) is 21.7. The Morgan fingerprint density at radius 2 is 1.80 bits per heavy atom. The van der Waals surface area contributed by atoms with Gasteiger partial charge in [-0.05, 0) is 12.8 Å². The van der Waals surface area contributed by atoms with Crippen LogP contribution in [0.25, 0.3) is 0 Å². The second-order valence-electron chi connectivity index (χ2n) is 3.45. The summed E-state index contributed by atoms with van der Waals surface area (Å²) in [7, 11) is 1.48. The van der Waals surface area contributed by atoms with Gasteiger partial charge in [0.1, 0.15) is 0 Å². The summed E-state index contributed by atoms with van der Waals surface area (Å²) >= 11 is 0. The third-order valence-electron chi connectivity index (χ3n) is 2.44. The zero-order chi connectivity index (χ0) is 11.4. The van der Waals surface area contributed by atoms with Crippen LogP contribution in [0.1, 0.15) is 12.8 Å². The van der Waals surface area contributed by atoms with Gasteiger partial charge < -0.3 is 25.6 Å². The summed E-state index contributed by atoms with van der Waals surface area (Å²) < 4.78 is 5.08. The van der Waals surface area contributed by atoms with Gasteiger partial charge in [-0.1, -0.05) is 0 Å². The number of amides is 2. The van der Waals surface area contributed by atoms with Crippen molar-refractivity contribution in [2.45, 2.75) is 31.0 Å². The number of hydrogen-bond donors (Lipinski definition) is 4. The second kappa shape index (κ2) is 4.83. The van der Waals surface area contributed by atoms with E-state index in [0.29, 0.717) is 12.8 Å². The van der Waals surface area contributed by atoms with Gasteiger partial charge in [-0.2, -0.15) is 0 Å². The van der Waals surface area contributed by atoms with Crippen LogP contribution in [0.5, 0.6) is 0 Å². The highest BCUT2D eigenvalue weighted by molar-refractivity contribution is 5.66. The molecule has 0 aliphatic heterocycles. The molecule has 3 atom stereocenters. The molecule has 0 radical (unpaired) electrons. The average molecular weight is 218 g/mol. The zero-order valence-electron chi connectivity index (χ0n) is 8.27. The lowest BCUT2D eigenvalue weighted by Crippen LogP contribution is -2.40. The highest BCUT2D eigenvalue weighted by Crippen LogP contribution is 2.22. The zero-order valence-corrected chi connectivity index (χ0v) is 8.27. The van der Waals surface area contributed by atoms with Crippen molar-refractivity contribution in [1.82, 2.24) is 10.6 Å². The quantitative estimate of drug-likeness (QED) is 0.536. The molecule has 0 spiro atoms. The molecule has 1 aliphatic carbocycles. The van der Waals surface area contributed by atoms with Gasteiger partial charge in [-0.15, -0.1) is 0 Å². The van der Waals surface area contributed by atoms with E-state index in [-0.39, 0.29) is 18.2 Å². The minimum atomic E-state index is -1.13. The van der Waals surface area contributed by atoms with Crippen molar-refractivity contribution in [3.63, 3.8) is 0 Å². The van der Waals surface area contributed by atoms with Crippen LogP contribution < -0.4 is 10.6 Å². The Bertz CT molecular complexity index is 257. The molecule has 0 bridgehead atoms. The van der Waals surface area contributed by atoms with E-state index in [0.717, 1.165) is 0 Å². The SMILES string of the molecule is CO[C@@H]1C[C@H](NC(=O)O)C[C@@H]1NC(=O)O. The summed E-state index contributed by atoms with van der Waals surface area (Å²) in [5.41, 5.74) is 0. The van der Waals surface area contributed by atoms with E-state index in [4.69, 9.17) is 14.9 Å². The second-order valence-corrected chi connectivity index (χ2v) is 3.45. The average Bonchev–Trinajstić information content (AvgIpc) is 2.45. The Morgan fingerprint density at radius 3 is 2.27 bits per heavy atom. The van der Waals surface area contributed by atoms with Gasteiger partial charge >= 0.3 is 12.2 Å². The number of methoxy groups -OCH3 is 1. The van der Waals surface area contributed by atoms with E-state index in [1.54, 1.807) is 0 Å². The van der Waals surface area contributed by atoms with Gasteiger partial charge in [0, 0.05) is 13.2 Å². The molecule has 0 unspecified atom stereocenters. The predicted octanol–water partition coefficient (Wildman–Crippen LogP) is 0.0676. The molecule has 2 amide bonds. The van der Waals surface area contributed by atoms with Gasteiger partial charge in [0.05, 0.1) is 12.1 Å². The van der Waals surface area contributed by atoms with Crippen LogP contribution in [0, 0.1) is 0 Å². The summed E-state index contributed by atoms with van der Waals surface area (Å²) in [6.45, 7) is 0. The highest BCUT2D eigenvalue weighted by Gasteiger charge is 2.36. The van der Waals surface area contributed by atoms with E-state index in [2.05, 4.69) is 10.6 Å². The van der Waals surface area contributed by atoms with Gasteiger partial charge in [0.15, 0.2) is 0 Å². The lowest BCUT2D eigenvalue weighted by molar-refractivity contribution is 0.0824. The lowest BCUT2D eigenvalue weighted by Gasteiger charge is -2.16. The van der Waals surface area contributed by atoms with Crippen molar-refractivity contribution in [2.24, 2.45) is 0 Å². The van der Waals surface area contributed by atoms with E-state index >= 15 is 0 Å². The number of nitrogens with one attached hydrogen (secondary N) is 2. The van der Waals surface area contributed by atoms with Crippen LogP contribution in [0.2, 0.25) is 0 Å². The molecule has 86 valence electrons. The third kappa shape index (κ3) is 3.28. The van der Waals surface area contributed by atoms with Crippen molar-refractivity contribution in [1.29, 1.82) is 0 Å². The Morgan fingerprint density at radius 1 is 1.20 bits per heavy atom. The Hall–Kier alpha value is -1.50. The van der Waals surface area contributed by atoms with Crippen molar-refractivity contribution in [3.8, 4) is 0 Å². The monoisotopic (exact) mass is 218 g/mol. The summed E-state index contributed by atoms with van der Waals surface area (Å²) in [6.07, 6.45) is -1.62. The molecule has 1 aliphatic rings. The first kappa shape index (κ1) is 11.6. The summed E-state index contributed by atoms with van der Waals surface area (Å²) in [6, 6.07) is -0.617. The maximum Gasteiger partial charge on any atom is 0.404 e. The number of ether oxygens (including phenoxy) is 1. The van der Waals surface area contributed by atoms with Gasteiger partial charge in [0.2, 0.25) is 0 Å². The molecule has 1 rings (SSSR count). The maximum atomic E-state index is 10.4. The highest BCUT2D eigenvalue weighted by atomic mass is 16.5. The first-order chi connectivity index (χ1) is 7.02. The lowest BCUT2D eigenvalue weighted by atomic mass is 10.2. The number of rotatable bonds is 3. The third-order valence-corrected chi connectivity index (χ3v) is 2.44. The van der Waals surface area contributed by atoms with Gasteiger partial charge in [0.25, 0.3) is 0 Å². The summed E-state index contributed by atoms with van der Waals surface area (Å²) in [4.78, 5) is 20.8. The normalized spacial score (nSPS) is 29.8. The van der Waals surface area contributed by atoms with E-state index in [9.17, 15) is 9.59 Å². The molecular weight excluding hydrogens is 204 g/mol. The minimum Gasteiger partial charge on any atom is -0.465 e. The van der Waals surface area contributed by atoms with Crippen LogP contribution in [-0.4, -0.2) is 47.7 Å². The van der Waals surface area contributed by atoms with Crippen LogP contribution >= 0.6 is 0 Å². The fourth-order valence-electron chi connectivity index (χ4n) is 1.86. The van der Waals surface area contributed by atoms with Crippen LogP contribution in [0.15, 0.2) is 0 Å². The van der Waals surface area contributed by atoms with Crippen LogP contribution in [0.4, 0.5) is 9.59 Å². The molecule has 4 N–H and O–H groups in total. The first-order valence-electron chi connectivity index (χ1n) is 4.54. The van der Waals surface area contributed by atoms with Crippen LogP contribution in [0.3, 0.4) is 0 Å². The van der Waals surface area contributed by atoms with Crippen molar-refractivity contribution >= 4 is 12.2 Å². The molecule has 15 heavy (non-hydrogen) atoms. The molecule has 7 nitrogen and oxygen atoms in total. The number of hydrogen-bond acceptors (Lipinski definition) is 3. The molecule has 0 heterocycles. The smallest absolute Gasteiger partial charge is 0.404 e. The number of carboxylic acid groups (broad SMARTS) is 2. The van der Waals surface area contributed by atoms with E-state index < -0.39 is 12.2 Å². The topological polar surface area (TPSA) is 108 Å². The minimum absolute atomic E-state index is 0.260. The van der Waals surface area contributed by atoms with Crippen molar-refractivity contribution in [2.75, 3.05) is 7.11 Å². The number of carbonyl (C=O) groups is 2. The Labute approximate surface area is 86.4 Å². The first-order valence-corrected chi connectivity index (χ1v) is 4.54. The molecule has 0 aromatic heterocycles. The standard InChI is InChI=1S/C8H14N2O5/c1-15-6-3-4(9-7(11)12)2-5(6)10-8(13)14/h4-6,9-10H,2-3H2,1H3,(H,11,12)(H,13,14)/t4-,5+,6-/m1/s1. The summed E-state index contributed by atoms with van der Waals surface area (Å²) in [5.74, 6) is 0. The maximum absolute atomic E-state index is 10.4. The fraction of sp³-hybridized carbons (Fsp3) is 0.750.